The van der Waals surface area contributed by atoms with Gasteiger partial charge in [-0.15, -0.1) is 0 Å². The molecule has 0 unspecified atom stereocenters. The number of carbonyl (C=O) groups excluding carboxylic acids is 1. The van der Waals surface area contributed by atoms with Crippen LogP contribution in [0.3, 0.4) is 0 Å². The molecule has 0 bridgehead atoms. The second-order valence-electron chi connectivity index (χ2n) is 6.35. The minimum absolute atomic E-state index is 0.319. The van der Waals surface area contributed by atoms with Crippen LogP contribution in [0, 0.1) is 5.82 Å². The topological polar surface area (TPSA) is 50.2 Å². The van der Waals surface area contributed by atoms with Crippen LogP contribution in [-0.2, 0) is 0 Å². The number of aromatic nitrogens is 2. The van der Waals surface area contributed by atoms with Crippen molar-refractivity contribution in [1.29, 1.82) is 0 Å². The van der Waals surface area contributed by atoms with Crippen LogP contribution in [0.4, 0.5) is 15.8 Å². The number of rotatable bonds is 4. The maximum absolute atomic E-state index is 13.2. The van der Waals surface area contributed by atoms with Crippen LogP contribution in [-0.4, -0.2) is 40.1 Å². The highest BCUT2D eigenvalue weighted by atomic mass is 35.5. The number of hydrogen-bond acceptors (Lipinski definition) is 4. The summed E-state index contributed by atoms with van der Waals surface area (Å²) in [4.78, 5) is 19.0. The normalized spacial score (nSPS) is 14.1. The molecule has 0 aliphatic carbocycles. The first-order chi connectivity index (χ1) is 13.6. The molecule has 2 aromatic carbocycles. The van der Waals surface area contributed by atoms with Gasteiger partial charge in [0.05, 0.1) is 23.2 Å². The fraction of sp³-hybridized carbons (Fsp3) is 0.200. The average molecular weight is 417 g/mol. The van der Waals surface area contributed by atoms with E-state index in [1.807, 2.05) is 23.9 Å². The van der Waals surface area contributed by atoms with Gasteiger partial charge in [0, 0.05) is 36.0 Å². The number of benzene rings is 2. The molecular formula is C20H18ClFN4OS. The molecule has 1 N–H and O–H groups in total. The average Bonchev–Trinajstić information content (AvgIpc) is 3.19. The standard InChI is InChI=1S/C20H18ClFN4OS/c21-17-11-15(3-6-18(17)25-7-9-28-10-8-25)24-20(27)19-12-23-13-26(19)16-4-1-14(22)2-5-16/h1-6,11-13H,7-10H2,(H,24,27). The zero-order valence-corrected chi connectivity index (χ0v) is 16.5. The van der Waals surface area contributed by atoms with Crippen LogP contribution in [0.2, 0.25) is 5.02 Å². The van der Waals surface area contributed by atoms with Crippen molar-refractivity contribution < 1.29 is 9.18 Å². The molecule has 8 heteroatoms. The predicted octanol–water partition coefficient (Wildman–Crippen LogP) is 4.47. The first kappa shape index (κ1) is 18.8. The van der Waals surface area contributed by atoms with Gasteiger partial charge >= 0.3 is 0 Å². The van der Waals surface area contributed by atoms with Gasteiger partial charge in [0.1, 0.15) is 11.5 Å². The van der Waals surface area contributed by atoms with E-state index >= 15 is 0 Å². The molecule has 0 atom stereocenters. The van der Waals surface area contributed by atoms with Gasteiger partial charge in [-0.25, -0.2) is 9.37 Å². The molecule has 1 aliphatic heterocycles. The maximum Gasteiger partial charge on any atom is 0.274 e. The molecule has 144 valence electrons. The fourth-order valence-electron chi connectivity index (χ4n) is 3.11. The fourth-order valence-corrected chi connectivity index (χ4v) is 4.31. The number of nitrogens with zero attached hydrogens (tertiary/aromatic N) is 3. The summed E-state index contributed by atoms with van der Waals surface area (Å²) in [5, 5.41) is 3.46. The van der Waals surface area contributed by atoms with Gasteiger partial charge in [0.15, 0.2) is 0 Å². The third-order valence-corrected chi connectivity index (χ3v) is 5.78. The Morgan fingerprint density at radius 1 is 1.14 bits per heavy atom. The Morgan fingerprint density at radius 3 is 2.61 bits per heavy atom. The summed E-state index contributed by atoms with van der Waals surface area (Å²) >= 11 is 8.40. The maximum atomic E-state index is 13.2. The van der Waals surface area contributed by atoms with Gasteiger partial charge in [-0.05, 0) is 42.5 Å². The van der Waals surface area contributed by atoms with E-state index in [0.29, 0.717) is 22.1 Å². The van der Waals surface area contributed by atoms with Crippen molar-refractivity contribution in [2.75, 3.05) is 34.8 Å². The molecule has 0 spiro atoms. The molecule has 1 amide bonds. The van der Waals surface area contributed by atoms with E-state index in [-0.39, 0.29) is 11.7 Å². The molecule has 0 radical (unpaired) electrons. The lowest BCUT2D eigenvalue weighted by atomic mass is 10.2. The van der Waals surface area contributed by atoms with Gasteiger partial charge in [-0.3, -0.25) is 9.36 Å². The highest BCUT2D eigenvalue weighted by molar-refractivity contribution is 7.99. The Kier molecular flexibility index (Phi) is 5.54. The molecule has 1 aliphatic rings. The largest absolute Gasteiger partial charge is 0.369 e. The van der Waals surface area contributed by atoms with E-state index in [9.17, 15) is 9.18 Å². The van der Waals surface area contributed by atoms with Crippen LogP contribution in [0.25, 0.3) is 5.69 Å². The number of amides is 1. The van der Waals surface area contributed by atoms with Crippen LogP contribution < -0.4 is 10.2 Å². The van der Waals surface area contributed by atoms with Crippen LogP contribution >= 0.6 is 23.4 Å². The van der Waals surface area contributed by atoms with E-state index in [2.05, 4.69) is 15.2 Å². The second kappa shape index (κ2) is 8.24. The minimum atomic E-state index is -0.336. The molecule has 1 fully saturated rings. The van der Waals surface area contributed by atoms with Crippen LogP contribution in [0.15, 0.2) is 55.0 Å². The van der Waals surface area contributed by atoms with Gasteiger partial charge in [0.25, 0.3) is 5.91 Å². The molecule has 3 aromatic rings. The van der Waals surface area contributed by atoms with Gasteiger partial charge in [-0.2, -0.15) is 11.8 Å². The van der Waals surface area contributed by atoms with Crippen molar-refractivity contribution in [1.82, 2.24) is 9.55 Å². The quantitative estimate of drug-likeness (QED) is 0.681. The number of halogens is 2. The Balaban J connectivity index is 1.52. The Labute approximate surface area is 171 Å². The van der Waals surface area contributed by atoms with E-state index < -0.39 is 0 Å². The molecule has 28 heavy (non-hydrogen) atoms. The lowest BCUT2D eigenvalue weighted by molar-refractivity contribution is 0.102. The highest BCUT2D eigenvalue weighted by Crippen LogP contribution is 2.30. The number of anilines is 2. The van der Waals surface area contributed by atoms with Crippen molar-refractivity contribution in [2.45, 2.75) is 0 Å². The zero-order chi connectivity index (χ0) is 19.5. The summed E-state index contributed by atoms with van der Waals surface area (Å²) in [6.07, 6.45) is 2.99. The number of imidazole rings is 1. The number of carbonyl (C=O) groups is 1. The monoisotopic (exact) mass is 416 g/mol. The van der Waals surface area contributed by atoms with E-state index in [0.717, 1.165) is 30.3 Å². The van der Waals surface area contributed by atoms with Crippen molar-refractivity contribution in [3.8, 4) is 5.69 Å². The summed E-state index contributed by atoms with van der Waals surface area (Å²) < 4.78 is 14.8. The number of nitrogens with one attached hydrogen (secondary N) is 1. The second-order valence-corrected chi connectivity index (χ2v) is 7.98. The Bertz CT molecular complexity index is 986. The first-order valence-electron chi connectivity index (χ1n) is 8.84. The number of thioether (sulfide) groups is 1. The zero-order valence-electron chi connectivity index (χ0n) is 14.9. The summed E-state index contributed by atoms with van der Waals surface area (Å²) in [5.74, 6) is 1.52. The Morgan fingerprint density at radius 2 is 1.89 bits per heavy atom. The van der Waals surface area contributed by atoms with Gasteiger partial charge in [-0.1, -0.05) is 11.6 Å². The summed E-state index contributed by atoms with van der Waals surface area (Å²) in [5.41, 5.74) is 2.59. The number of hydrogen-bond donors (Lipinski definition) is 1. The third-order valence-electron chi connectivity index (χ3n) is 4.53. The summed E-state index contributed by atoms with van der Waals surface area (Å²) in [7, 11) is 0. The predicted molar refractivity (Wildman–Crippen MR) is 112 cm³/mol. The van der Waals surface area contributed by atoms with E-state index in [1.54, 1.807) is 22.8 Å². The summed E-state index contributed by atoms with van der Waals surface area (Å²) in [6.45, 7) is 1.93. The van der Waals surface area contributed by atoms with Crippen molar-refractivity contribution >= 4 is 40.6 Å². The van der Waals surface area contributed by atoms with E-state index in [1.165, 1.54) is 24.7 Å². The molecule has 1 aromatic heterocycles. The molecular weight excluding hydrogens is 399 g/mol. The smallest absolute Gasteiger partial charge is 0.274 e. The first-order valence-corrected chi connectivity index (χ1v) is 10.4. The van der Waals surface area contributed by atoms with Crippen molar-refractivity contribution in [2.24, 2.45) is 0 Å². The van der Waals surface area contributed by atoms with Crippen LogP contribution in [0.5, 0.6) is 0 Å². The van der Waals surface area contributed by atoms with Crippen molar-refractivity contribution in [3.63, 3.8) is 0 Å². The molecule has 5 nitrogen and oxygen atoms in total. The minimum Gasteiger partial charge on any atom is -0.369 e. The molecule has 1 saturated heterocycles. The van der Waals surface area contributed by atoms with Crippen LogP contribution in [0.1, 0.15) is 10.5 Å². The lowest BCUT2D eigenvalue weighted by Crippen LogP contribution is -2.32. The van der Waals surface area contributed by atoms with Crippen molar-refractivity contribution in [3.05, 3.63) is 71.5 Å². The summed E-state index contributed by atoms with van der Waals surface area (Å²) in [6, 6.07) is 11.4. The third kappa shape index (κ3) is 4.00. The molecule has 2 heterocycles. The lowest BCUT2D eigenvalue weighted by Gasteiger charge is -2.29. The Hall–Kier alpha value is -2.51. The highest BCUT2D eigenvalue weighted by Gasteiger charge is 2.17. The van der Waals surface area contributed by atoms with E-state index in [4.69, 9.17) is 11.6 Å². The molecule has 4 rings (SSSR count). The van der Waals surface area contributed by atoms with Gasteiger partial charge < -0.3 is 10.2 Å². The molecule has 0 saturated carbocycles. The van der Waals surface area contributed by atoms with Gasteiger partial charge in [0.2, 0.25) is 0 Å². The SMILES string of the molecule is O=C(Nc1ccc(N2CCSCC2)c(Cl)c1)c1cncn1-c1ccc(F)cc1.